The largest absolute Gasteiger partial charge is 0.370 e. The van der Waals surface area contributed by atoms with Gasteiger partial charge in [0.1, 0.15) is 0 Å². The molecule has 0 saturated heterocycles. The topological polar surface area (TPSA) is 77.2 Å². The van der Waals surface area contributed by atoms with Gasteiger partial charge in [-0.25, -0.2) is 4.98 Å². The summed E-state index contributed by atoms with van der Waals surface area (Å²) in [5.74, 6) is -0.247. The number of fused-ring (bicyclic) bond motifs is 1. The van der Waals surface area contributed by atoms with Crippen molar-refractivity contribution in [3.8, 4) is 0 Å². The SMILES string of the molecule is CC(N)C(=O)Nc1nc(COCc2ccc3ccccc3c2)c(Cc2ccccc2)s1. The number of hydrogen-bond donors (Lipinski definition) is 2. The van der Waals surface area contributed by atoms with E-state index in [-0.39, 0.29) is 5.91 Å². The Kier molecular flexibility index (Phi) is 6.72. The number of thiazole rings is 1. The number of amides is 1. The van der Waals surface area contributed by atoms with Gasteiger partial charge >= 0.3 is 0 Å². The number of nitrogens with zero attached hydrogens (tertiary/aromatic N) is 1. The second kappa shape index (κ2) is 9.83. The molecule has 0 saturated carbocycles. The number of nitrogens with two attached hydrogens (primary N) is 1. The first-order valence-corrected chi connectivity index (χ1v) is 11.0. The first kappa shape index (κ1) is 21.2. The zero-order chi connectivity index (χ0) is 21.6. The fourth-order valence-corrected chi connectivity index (χ4v) is 4.28. The average Bonchev–Trinajstić information content (AvgIpc) is 3.15. The molecular formula is C25H25N3O2S. The van der Waals surface area contributed by atoms with Gasteiger partial charge in [-0.15, -0.1) is 11.3 Å². The lowest BCUT2D eigenvalue weighted by Gasteiger charge is -2.06. The van der Waals surface area contributed by atoms with Crippen LogP contribution in [0.4, 0.5) is 5.13 Å². The van der Waals surface area contributed by atoms with Crippen LogP contribution >= 0.6 is 11.3 Å². The molecule has 3 N–H and O–H groups in total. The van der Waals surface area contributed by atoms with Gasteiger partial charge in [-0.2, -0.15) is 0 Å². The molecule has 0 aliphatic heterocycles. The maximum Gasteiger partial charge on any atom is 0.242 e. The molecule has 3 aromatic carbocycles. The summed E-state index contributed by atoms with van der Waals surface area (Å²) in [5.41, 5.74) is 8.82. The molecule has 1 amide bonds. The van der Waals surface area contributed by atoms with Crippen molar-refractivity contribution in [2.75, 3.05) is 5.32 Å². The third-order valence-corrected chi connectivity index (χ3v) is 5.96. The van der Waals surface area contributed by atoms with Crippen molar-refractivity contribution in [3.63, 3.8) is 0 Å². The molecule has 1 heterocycles. The van der Waals surface area contributed by atoms with E-state index < -0.39 is 6.04 Å². The zero-order valence-corrected chi connectivity index (χ0v) is 18.2. The van der Waals surface area contributed by atoms with Crippen LogP contribution in [0.15, 0.2) is 72.8 Å². The number of aromatic nitrogens is 1. The minimum Gasteiger partial charge on any atom is -0.370 e. The van der Waals surface area contributed by atoms with E-state index in [0.29, 0.717) is 18.3 Å². The normalized spacial score (nSPS) is 12.1. The lowest BCUT2D eigenvalue weighted by Crippen LogP contribution is -2.32. The highest BCUT2D eigenvalue weighted by Gasteiger charge is 2.16. The van der Waals surface area contributed by atoms with Crippen molar-refractivity contribution >= 4 is 33.1 Å². The van der Waals surface area contributed by atoms with Gasteiger partial charge in [0.15, 0.2) is 5.13 Å². The van der Waals surface area contributed by atoms with E-state index in [4.69, 9.17) is 10.5 Å². The highest BCUT2D eigenvalue weighted by atomic mass is 32.1. The van der Waals surface area contributed by atoms with Crippen LogP contribution in [0.25, 0.3) is 10.8 Å². The standard InChI is InChI=1S/C25H25N3O2S/c1-17(26)24(29)28-25-27-22(23(31-25)14-18-7-3-2-4-8-18)16-30-15-19-11-12-20-9-5-6-10-21(20)13-19/h2-13,17H,14-16,26H2,1H3,(H,27,28,29). The monoisotopic (exact) mass is 431 g/mol. The summed E-state index contributed by atoms with van der Waals surface area (Å²) in [6.45, 7) is 2.52. The zero-order valence-electron chi connectivity index (χ0n) is 17.4. The summed E-state index contributed by atoms with van der Waals surface area (Å²) in [4.78, 5) is 17.7. The third kappa shape index (κ3) is 5.55. The Balaban J connectivity index is 1.47. The molecule has 0 bridgehead atoms. The number of carbonyl (C=O) groups excluding carboxylic acids is 1. The second-order valence-electron chi connectivity index (χ2n) is 7.50. The van der Waals surface area contributed by atoms with Crippen molar-refractivity contribution in [1.29, 1.82) is 0 Å². The van der Waals surface area contributed by atoms with Crippen molar-refractivity contribution in [2.45, 2.75) is 32.6 Å². The summed E-state index contributed by atoms with van der Waals surface area (Å²) in [6.07, 6.45) is 0.737. The van der Waals surface area contributed by atoms with E-state index in [1.165, 1.54) is 27.7 Å². The van der Waals surface area contributed by atoms with Crippen LogP contribution < -0.4 is 11.1 Å². The number of ether oxygens (including phenoxy) is 1. The lowest BCUT2D eigenvalue weighted by molar-refractivity contribution is -0.117. The number of rotatable bonds is 8. The molecule has 1 atom stereocenters. The van der Waals surface area contributed by atoms with E-state index >= 15 is 0 Å². The number of benzene rings is 3. The maximum atomic E-state index is 12.0. The van der Waals surface area contributed by atoms with E-state index in [1.54, 1.807) is 6.92 Å². The highest BCUT2D eigenvalue weighted by molar-refractivity contribution is 7.15. The van der Waals surface area contributed by atoms with Gasteiger partial charge in [0.2, 0.25) is 5.91 Å². The van der Waals surface area contributed by atoms with Gasteiger partial charge in [-0.3, -0.25) is 4.79 Å². The van der Waals surface area contributed by atoms with Crippen LogP contribution in [-0.4, -0.2) is 16.9 Å². The average molecular weight is 432 g/mol. The smallest absolute Gasteiger partial charge is 0.242 e. The van der Waals surface area contributed by atoms with Gasteiger partial charge in [0.25, 0.3) is 0 Å². The van der Waals surface area contributed by atoms with Crippen LogP contribution in [0.5, 0.6) is 0 Å². The molecule has 0 aliphatic carbocycles. The Morgan fingerprint density at radius 2 is 1.74 bits per heavy atom. The highest BCUT2D eigenvalue weighted by Crippen LogP contribution is 2.27. The van der Waals surface area contributed by atoms with Gasteiger partial charge in [0.05, 0.1) is 24.9 Å². The van der Waals surface area contributed by atoms with Crippen LogP contribution in [0.1, 0.15) is 28.6 Å². The summed E-state index contributed by atoms with van der Waals surface area (Å²) < 4.78 is 6.01. The molecule has 5 nitrogen and oxygen atoms in total. The van der Waals surface area contributed by atoms with Gasteiger partial charge in [-0.1, -0.05) is 66.7 Å². The van der Waals surface area contributed by atoms with Crippen LogP contribution in [0.3, 0.4) is 0 Å². The molecule has 31 heavy (non-hydrogen) atoms. The Morgan fingerprint density at radius 3 is 2.52 bits per heavy atom. The second-order valence-corrected chi connectivity index (χ2v) is 8.59. The summed E-state index contributed by atoms with van der Waals surface area (Å²) in [5, 5.41) is 5.77. The van der Waals surface area contributed by atoms with Gasteiger partial charge in [0, 0.05) is 11.3 Å². The summed E-state index contributed by atoms with van der Waals surface area (Å²) in [6, 6.07) is 24.2. The Labute approximate surface area is 185 Å². The maximum absolute atomic E-state index is 12.0. The van der Waals surface area contributed by atoms with Crippen LogP contribution in [0, 0.1) is 0 Å². The first-order valence-electron chi connectivity index (χ1n) is 10.2. The third-order valence-electron chi connectivity index (χ3n) is 4.95. The molecule has 1 unspecified atom stereocenters. The molecule has 4 aromatic rings. The van der Waals surface area contributed by atoms with Crippen LogP contribution in [-0.2, 0) is 29.2 Å². The predicted octanol–water partition coefficient (Wildman–Crippen LogP) is 4.89. The van der Waals surface area contributed by atoms with Crippen molar-refractivity contribution in [2.24, 2.45) is 5.73 Å². The number of nitrogens with one attached hydrogen (secondary N) is 1. The quantitative estimate of drug-likeness (QED) is 0.416. The molecular weight excluding hydrogens is 406 g/mol. The Bertz CT molecular complexity index is 1170. The molecule has 4 rings (SSSR count). The van der Waals surface area contributed by atoms with Gasteiger partial charge < -0.3 is 15.8 Å². The van der Waals surface area contributed by atoms with E-state index in [2.05, 4.69) is 52.8 Å². The fourth-order valence-electron chi connectivity index (χ4n) is 3.28. The molecule has 0 fully saturated rings. The molecule has 1 aromatic heterocycles. The molecule has 0 spiro atoms. The Morgan fingerprint density at radius 1 is 1.00 bits per heavy atom. The van der Waals surface area contributed by atoms with E-state index in [9.17, 15) is 4.79 Å². The summed E-state index contributed by atoms with van der Waals surface area (Å²) in [7, 11) is 0. The number of carbonyl (C=O) groups is 1. The lowest BCUT2D eigenvalue weighted by atomic mass is 10.1. The molecule has 158 valence electrons. The van der Waals surface area contributed by atoms with E-state index in [1.807, 2.05) is 30.3 Å². The molecule has 0 radical (unpaired) electrons. The minimum absolute atomic E-state index is 0.247. The number of anilines is 1. The molecule has 0 aliphatic rings. The van der Waals surface area contributed by atoms with Gasteiger partial charge in [-0.05, 0) is 34.9 Å². The Hall–Kier alpha value is -3.06. The number of hydrogen-bond acceptors (Lipinski definition) is 5. The fraction of sp³-hybridized carbons (Fsp3) is 0.200. The van der Waals surface area contributed by atoms with Crippen molar-refractivity contribution < 1.29 is 9.53 Å². The van der Waals surface area contributed by atoms with Crippen molar-refractivity contribution in [3.05, 3.63) is 94.5 Å². The van der Waals surface area contributed by atoms with Crippen LogP contribution in [0.2, 0.25) is 0 Å². The predicted molar refractivity (Wildman–Crippen MR) is 126 cm³/mol. The summed E-state index contributed by atoms with van der Waals surface area (Å²) >= 11 is 1.47. The molecule has 6 heteroatoms. The van der Waals surface area contributed by atoms with E-state index in [0.717, 1.165) is 22.6 Å². The minimum atomic E-state index is -0.589. The van der Waals surface area contributed by atoms with Crippen molar-refractivity contribution in [1.82, 2.24) is 4.98 Å². The first-order chi connectivity index (χ1) is 15.1.